The van der Waals surface area contributed by atoms with E-state index >= 15 is 4.39 Å². The molecule has 10 atom stereocenters. The Bertz CT molecular complexity index is 1800. The van der Waals surface area contributed by atoms with Crippen molar-refractivity contribution >= 4 is 65.0 Å². The van der Waals surface area contributed by atoms with Gasteiger partial charge in [-0.2, -0.15) is 0 Å². The van der Waals surface area contributed by atoms with Gasteiger partial charge in [-0.1, -0.05) is 45.2 Å². The Hall–Kier alpha value is -4.14. The molecule has 0 spiro atoms. The van der Waals surface area contributed by atoms with Crippen molar-refractivity contribution in [1.29, 1.82) is 0 Å². The van der Waals surface area contributed by atoms with Crippen molar-refractivity contribution in [3.63, 3.8) is 0 Å². The maximum Gasteiger partial charge on any atom is 0.321 e. The molecular weight excluding hydrogens is 942 g/mol. The Labute approximate surface area is 409 Å². The van der Waals surface area contributed by atoms with Crippen molar-refractivity contribution in [2.24, 2.45) is 21.7 Å². The fourth-order valence-corrected chi connectivity index (χ4v) is 5.53. The quantitative estimate of drug-likeness (QED) is 0.118. The summed E-state index contributed by atoms with van der Waals surface area (Å²) in [4.78, 5) is 84.9. The molecule has 0 bridgehead atoms. The van der Waals surface area contributed by atoms with Crippen LogP contribution in [0.2, 0.25) is 0 Å². The summed E-state index contributed by atoms with van der Waals surface area (Å²) in [5.74, 6) is -6.19. The number of hydrogen-bond acceptors (Lipinski definition) is 18. The molecular formula is C47H73Cl2FO18. The van der Waals surface area contributed by atoms with Gasteiger partial charge in [0.2, 0.25) is 12.4 Å². The van der Waals surface area contributed by atoms with E-state index in [4.69, 9.17) is 70.6 Å². The standard InChI is InChI=1S/C25H35ClO9.C20H30ClFO9.2CH4/c1-24(2,3)22(29)32-14-16-18(28)19(35-23(30)25(4,5)6)20(34-17(27)12-26)21(33-16)31-13-15-10-8-7-9-11-15;1-10(23)28-16-15(30-12(24)8-21)14(31-18(26)20(5,6)7)13(22)11(29-16)9-27-17(25)19(2,3)4;;/h7-11,16,18-21,28H,12-14H2,1-6H3;11,13-16H,8-9H2,1-7H3;2*1H4/t16?,18-,19-,20?,21+;11?,13-,14+,15?,16-;;/m01../s1. The summed E-state index contributed by atoms with van der Waals surface area (Å²) in [6.07, 6.45) is -15.0. The summed E-state index contributed by atoms with van der Waals surface area (Å²) in [7, 11) is 0. The average molecular weight is 1020 g/mol. The lowest BCUT2D eigenvalue weighted by Gasteiger charge is -2.43. The fourth-order valence-electron chi connectivity index (χ4n) is 5.41. The Balaban J connectivity index is 0.00000129. The van der Waals surface area contributed by atoms with Crippen molar-refractivity contribution in [1.82, 2.24) is 0 Å². The highest BCUT2D eigenvalue weighted by atomic mass is 35.5. The van der Waals surface area contributed by atoms with E-state index in [-0.39, 0.29) is 28.1 Å². The third-order valence-electron chi connectivity index (χ3n) is 9.17. The van der Waals surface area contributed by atoms with E-state index in [2.05, 4.69) is 0 Å². The van der Waals surface area contributed by atoms with Crippen LogP contribution >= 0.6 is 23.2 Å². The van der Waals surface area contributed by atoms with E-state index in [0.29, 0.717) is 0 Å². The van der Waals surface area contributed by atoms with E-state index in [1.807, 2.05) is 30.3 Å². The molecule has 2 fully saturated rings. The lowest BCUT2D eigenvalue weighted by molar-refractivity contribution is -0.310. The van der Waals surface area contributed by atoms with E-state index in [1.54, 1.807) is 83.1 Å². The maximum atomic E-state index is 15.4. The number of ether oxygens (including phenoxy) is 10. The molecule has 4 unspecified atom stereocenters. The number of esters is 7. The molecule has 68 heavy (non-hydrogen) atoms. The fraction of sp³-hybridized carbons (Fsp3) is 0.723. The number of aliphatic hydroxyl groups is 1. The molecule has 0 radical (unpaired) electrons. The Kier molecular flexibility index (Phi) is 25.6. The molecule has 2 heterocycles. The van der Waals surface area contributed by atoms with Gasteiger partial charge in [-0.15, -0.1) is 23.2 Å². The normalized spacial score (nSPS) is 25.0. The first-order chi connectivity index (χ1) is 30.3. The van der Waals surface area contributed by atoms with Gasteiger partial charge in [0.05, 0.1) is 28.3 Å². The van der Waals surface area contributed by atoms with Gasteiger partial charge >= 0.3 is 41.8 Å². The number of carbonyl (C=O) groups is 7. The minimum absolute atomic E-state index is 0. The number of benzene rings is 1. The molecule has 0 aliphatic carbocycles. The Morgan fingerprint density at radius 2 is 0.971 bits per heavy atom. The highest BCUT2D eigenvalue weighted by Crippen LogP contribution is 2.33. The third-order valence-corrected chi connectivity index (χ3v) is 9.61. The molecule has 1 aromatic carbocycles. The second kappa shape index (κ2) is 27.3. The first kappa shape index (κ1) is 63.9. The molecule has 1 N–H and O–H groups in total. The number of alkyl halides is 3. The molecule has 2 aliphatic rings. The first-order valence-corrected chi connectivity index (χ1v) is 22.1. The highest BCUT2D eigenvalue weighted by molar-refractivity contribution is 6.26. The predicted octanol–water partition coefficient (Wildman–Crippen LogP) is 6.57. The highest BCUT2D eigenvalue weighted by Gasteiger charge is 2.54. The Morgan fingerprint density at radius 1 is 0.574 bits per heavy atom. The largest absolute Gasteiger partial charge is 0.462 e. The zero-order valence-corrected chi connectivity index (χ0v) is 41.2. The van der Waals surface area contributed by atoms with Crippen molar-refractivity contribution in [2.75, 3.05) is 25.0 Å². The van der Waals surface area contributed by atoms with E-state index in [9.17, 15) is 38.7 Å². The Morgan fingerprint density at radius 3 is 1.38 bits per heavy atom. The zero-order chi connectivity index (χ0) is 50.5. The van der Waals surface area contributed by atoms with E-state index in [1.165, 1.54) is 0 Å². The monoisotopic (exact) mass is 1010 g/mol. The smallest absolute Gasteiger partial charge is 0.321 e. The average Bonchev–Trinajstić information content (AvgIpc) is 3.21. The van der Waals surface area contributed by atoms with Crippen molar-refractivity contribution < 1.29 is 90.4 Å². The van der Waals surface area contributed by atoms with Crippen molar-refractivity contribution in [2.45, 2.75) is 173 Å². The van der Waals surface area contributed by atoms with Crippen LogP contribution in [-0.2, 0) is 87.5 Å². The molecule has 0 amide bonds. The number of halogens is 3. The summed E-state index contributed by atoms with van der Waals surface area (Å²) in [5, 5.41) is 11.0. The SMILES string of the molecule is C.C.CC(=O)O[C@@H]1OC(COC(=O)C(C)(C)C)[C@@H](F)[C@H](OC(=O)C(C)(C)C)C1OC(=O)CCl.CC(C)(C)C(=O)OCC1O[C@@H](OCc2ccccc2)C(OC(=O)CCl)[C@@H](OC(=O)C(C)(C)C)[C@H]1O. The summed E-state index contributed by atoms with van der Waals surface area (Å²) >= 11 is 11.1. The number of carbonyl (C=O) groups excluding carboxylic acids is 7. The molecule has 0 saturated carbocycles. The van der Waals surface area contributed by atoms with Crippen molar-refractivity contribution in [3.05, 3.63) is 35.9 Å². The first-order valence-electron chi connectivity index (χ1n) is 21.0. The lowest BCUT2D eigenvalue weighted by atomic mass is 9.95. The third kappa shape index (κ3) is 20.1. The van der Waals surface area contributed by atoms with Gasteiger partial charge in [0.15, 0.2) is 30.8 Å². The van der Waals surface area contributed by atoms with Gasteiger partial charge in [0.1, 0.15) is 43.3 Å². The van der Waals surface area contributed by atoms with E-state index < -0.39 is 143 Å². The van der Waals surface area contributed by atoms with Crippen LogP contribution in [0.25, 0.3) is 0 Å². The maximum absolute atomic E-state index is 15.4. The summed E-state index contributed by atoms with van der Waals surface area (Å²) in [6.45, 7) is 19.8. The van der Waals surface area contributed by atoms with Gasteiger partial charge in [-0.05, 0) is 88.6 Å². The molecule has 0 aromatic heterocycles. The second-order valence-electron chi connectivity index (χ2n) is 19.5. The van der Waals surface area contributed by atoms with Gasteiger partial charge in [0, 0.05) is 6.92 Å². The van der Waals surface area contributed by atoms with E-state index in [0.717, 1.165) is 12.5 Å². The molecule has 390 valence electrons. The summed E-state index contributed by atoms with van der Waals surface area (Å²) in [5.41, 5.74) is -2.74. The minimum Gasteiger partial charge on any atom is -0.462 e. The van der Waals surface area contributed by atoms with Gasteiger partial charge < -0.3 is 52.5 Å². The topological polar surface area (TPSA) is 232 Å². The molecule has 2 saturated heterocycles. The van der Waals surface area contributed by atoms with Gasteiger partial charge in [-0.3, -0.25) is 33.6 Å². The molecule has 18 nitrogen and oxygen atoms in total. The molecule has 1 aromatic rings. The van der Waals surface area contributed by atoms with Crippen LogP contribution in [0.4, 0.5) is 4.39 Å². The number of aliphatic hydroxyl groups excluding tert-OH is 1. The van der Waals surface area contributed by atoms with Gasteiger partial charge in [0.25, 0.3) is 0 Å². The summed E-state index contributed by atoms with van der Waals surface area (Å²) < 4.78 is 69.4. The summed E-state index contributed by atoms with van der Waals surface area (Å²) in [6, 6.07) is 9.17. The minimum atomic E-state index is -2.07. The predicted molar refractivity (Wildman–Crippen MR) is 245 cm³/mol. The van der Waals surface area contributed by atoms with Crippen LogP contribution in [0.15, 0.2) is 30.3 Å². The zero-order valence-electron chi connectivity index (χ0n) is 39.7. The molecule has 21 heteroatoms. The van der Waals surface area contributed by atoms with Crippen LogP contribution in [0.3, 0.4) is 0 Å². The number of hydrogen-bond donors (Lipinski definition) is 1. The second-order valence-corrected chi connectivity index (χ2v) is 20.1. The lowest BCUT2D eigenvalue weighted by Crippen LogP contribution is -2.62. The van der Waals surface area contributed by atoms with Crippen molar-refractivity contribution in [3.8, 4) is 0 Å². The van der Waals surface area contributed by atoms with Crippen LogP contribution < -0.4 is 0 Å². The van der Waals surface area contributed by atoms with Crippen LogP contribution in [0, 0.1) is 21.7 Å². The van der Waals surface area contributed by atoms with Crippen LogP contribution in [0.5, 0.6) is 0 Å². The molecule has 2 aliphatic heterocycles. The number of rotatable bonds is 14. The molecule has 3 rings (SSSR count). The van der Waals surface area contributed by atoms with Crippen LogP contribution in [0.1, 0.15) is 110 Å². The van der Waals surface area contributed by atoms with Gasteiger partial charge in [-0.25, -0.2) is 4.39 Å². The van der Waals surface area contributed by atoms with Crippen LogP contribution in [-0.4, -0.2) is 133 Å².